The van der Waals surface area contributed by atoms with Crippen LogP contribution in [0.2, 0.25) is 0 Å². The number of rotatable bonds is 7. The first-order valence-electron chi connectivity index (χ1n) is 8.67. The Morgan fingerprint density at radius 2 is 2.12 bits per heavy atom. The minimum absolute atomic E-state index is 0.249. The molecule has 134 valence electrons. The Hall–Kier alpha value is -2.54. The lowest BCUT2D eigenvalue weighted by molar-refractivity contribution is 0.184. The molecule has 3 rings (SSSR count). The molecule has 1 aliphatic heterocycles. The van der Waals surface area contributed by atoms with Crippen molar-refractivity contribution in [2.24, 2.45) is 0 Å². The van der Waals surface area contributed by atoms with E-state index < -0.39 is 0 Å². The molecular weight excluding hydrogens is 320 g/mol. The van der Waals surface area contributed by atoms with E-state index in [9.17, 15) is 4.79 Å². The van der Waals surface area contributed by atoms with Crippen LogP contribution in [-0.2, 0) is 4.74 Å². The van der Waals surface area contributed by atoms with E-state index in [1.54, 1.807) is 6.20 Å². The molecule has 1 atom stereocenters. The number of benzene rings is 1. The molecule has 0 spiro atoms. The van der Waals surface area contributed by atoms with Crippen LogP contribution in [0, 0.1) is 0 Å². The van der Waals surface area contributed by atoms with Gasteiger partial charge in [-0.1, -0.05) is 13.3 Å². The molecule has 1 aliphatic rings. The Morgan fingerprint density at radius 1 is 1.32 bits per heavy atom. The van der Waals surface area contributed by atoms with Crippen molar-refractivity contribution < 1.29 is 14.3 Å². The molecule has 0 bridgehead atoms. The van der Waals surface area contributed by atoms with Crippen LogP contribution in [0.25, 0.3) is 0 Å². The number of nitrogens with zero attached hydrogens (tertiary/aromatic N) is 2. The van der Waals surface area contributed by atoms with Gasteiger partial charge in [0.2, 0.25) is 0 Å². The normalized spacial score (nSPS) is 16.6. The predicted octanol–water partition coefficient (Wildman–Crippen LogP) is 3.67. The largest absolute Gasteiger partial charge is 0.494 e. The summed E-state index contributed by atoms with van der Waals surface area (Å²) in [4.78, 5) is 12.1. The van der Waals surface area contributed by atoms with E-state index in [0.717, 1.165) is 31.6 Å². The van der Waals surface area contributed by atoms with Gasteiger partial charge >= 0.3 is 6.03 Å². The fourth-order valence-corrected chi connectivity index (χ4v) is 2.60. The number of urea groups is 1. The predicted molar refractivity (Wildman–Crippen MR) is 96.2 cm³/mol. The van der Waals surface area contributed by atoms with Crippen LogP contribution in [-0.4, -0.2) is 35.6 Å². The lowest BCUT2D eigenvalue weighted by atomic mass is 10.3. The highest BCUT2D eigenvalue weighted by molar-refractivity contribution is 5.99. The number of anilines is 2. The second-order valence-corrected chi connectivity index (χ2v) is 6.03. The van der Waals surface area contributed by atoms with Crippen LogP contribution in [0.1, 0.15) is 32.2 Å². The zero-order chi connectivity index (χ0) is 17.5. The number of carbonyl (C=O) groups excluding carboxylic acids is 1. The number of ether oxygens (including phenoxy) is 2. The van der Waals surface area contributed by atoms with Gasteiger partial charge in [-0.2, -0.15) is 5.10 Å². The van der Waals surface area contributed by atoms with Crippen molar-refractivity contribution in [3.8, 4) is 5.75 Å². The molecule has 1 fully saturated rings. The monoisotopic (exact) mass is 344 g/mol. The van der Waals surface area contributed by atoms with E-state index >= 15 is 0 Å². The van der Waals surface area contributed by atoms with E-state index in [0.29, 0.717) is 24.6 Å². The average molecular weight is 344 g/mol. The summed E-state index contributed by atoms with van der Waals surface area (Å²) < 4.78 is 12.8. The molecule has 25 heavy (non-hydrogen) atoms. The van der Waals surface area contributed by atoms with Crippen molar-refractivity contribution in [3.63, 3.8) is 0 Å². The Bertz CT molecular complexity index is 678. The van der Waals surface area contributed by atoms with Crippen molar-refractivity contribution in [1.29, 1.82) is 0 Å². The van der Waals surface area contributed by atoms with Crippen LogP contribution in [0.5, 0.6) is 5.75 Å². The SMILES string of the molecule is CCCCOc1ccc(NC(=O)Nc2cnn([C@H]3CCOC3)c2)cc1. The number of carbonyl (C=O) groups is 1. The smallest absolute Gasteiger partial charge is 0.323 e. The van der Waals surface area contributed by atoms with Crippen LogP contribution in [0.3, 0.4) is 0 Å². The number of aromatic nitrogens is 2. The van der Waals surface area contributed by atoms with Gasteiger partial charge in [0.25, 0.3) is 0 Å². The lowest BCUT2D eigenvalue weighted by Gasteiger charge is -2.09. The molecular formula is C18H24N4O3. The molecule has 0 unspecified atom stereocenters. The summed E-state index contributed by atoms with van der Waals surface area (Å²) in [6, 6.07) is 7.29. The number of unbranched alkanes of at least 4 members (excludes halogenated alkanes) is 1. The molecule has 7 nitrogen and oxygen atoms in total. The summed E-state index contributed by atoms with van der Waals surface area (Å²) in [7, 11) is 0. The quantitative estimate of drug-likeness (QED) is 0.751. The zero-order valence-corrected chi connectivity index (χ0v) is 14.4. The van der Waals surface area contributed by atoms with Crippen LogP contribution in [0.15, 0.2) is 36.7 Å². The molecule has 2 aromatic rings. The lowest BCUT2D eigenvalue weighted by Crippen LogP contribution is -2.19. The third kappa shape index (κ3) is 4.96. The van der Waals surface area contributed by atoms with E-state index in [4.69, 9.17) is 9.47 Å². The van der Waals surface area contributed by atoms with Crippen LogP contribution < -0.4 is 15.4 Å². The second kappa shape index (κ2) is 8.53. The third-order valence-corrected chi connectivity index (χ3v) is 4.02. The first-order valence-corrected chi connectivity index (χ1v) is 8.67. The van der Waals surface area contributed by atoms with Crippen molar-refractivity contribution in [1.82, 2.24) is 9.78 Å². The fraction of sp³-hybridized carbons (Fsp3) is 0.444. The topological polar surface area (TPSA) is 77.4 Å². The van der Waals surface area contributed by atoms with Gasteiger partial charge < -0.3 is 20.1 Å². The van der Waals surface area contributed by atoms with Crippen LogP contribution in [0.4, 0.5) is 16.2 Å². The number of nitrogens with one attached hydrogen (secondary N) is 2. The highest BCUT2D eigenvalue weighted by atomic mass is 16.5. The second-order valence-electron chi connectivity index (χ2n) is 6.03. The standard InChI is InChI=1S/C18H24N4O3/c1-2-3-9-25-17-6-4-14(5-7-17)20-18(23)21-15-11-19-22(12-15)16-8-10-24-13-16/h4-7,11-12,16H,2-3,8-10,13H2,1H3,(H2,20,21,23)/t16-/m0/s1. The molecule has 2 amide bonds. The fourth-order valence-electron chi connectivity index (χ4n) is 2.60. The van der Waals surface area contributed by atoms with Crippen molar-refractivity contribution in [2.45, 2.75) is 32.2 Å². The third-order valence-electron chi connectivity index (χ3n) is 4.02. The van der Waals surface area contributed by atoms with Crippen molar-refractivity contribution in [2.75, 3.05) is 30.5 Å². The van der Waals surface area contributed by atoms with Gasteiger partial charge in [-0.3, -0.25) is 4.68 Å². The van der Waals surface area contributed by atoms with Crippen molar-refractivity contribution >= 4 is 17.4 Å². The Labute approximate surface area is 147 Å². The van der Waals surface area contributed by atoms with Gasteiger partial charge in [-0.25, -0.2) is 4.79 Å². The average Bonchev–Trinajstić information content (AvgIpc) is 3.28. The minimum Gasteiger partial charge on any atom is -0.494 e. The van der Waals surface area contributed by atoms with Crippen LogP contribution >= 0.6 is 0 Å². The molecule has 0 saturated carbocycles. The summed E-state index contributed by atoms with van der Waals surface area (Å²) in [5, 5.41) is 9.86. The molecule has 0 radical (unpaired) electrons. The Kier molecular flexibility index (Phi) is 5.90. The summed E-state index contributed by atoms with van der Waals surface area (Å²) in [6.07, 6.45) is 6.54. The zero-order valence-electron chi connectivity index (χ0n) is 14.4. The molecule has 2 N–H and O–H groups in total. The maximum absolute atomic E-state index is 12.1. The minimum atomic E-state index is -0.304. The van der Waals surface area contributed by atoms with E-state index in [-0.39, 0.29) is 12.1 Å². The van der Waals surface area contributed by atoms with Gasteiger partial charge in [0, 0.05) is 18.5 Å². The van der Waals surface area contributed by atoms with Gasteiger partial charge in [0.05, 0.1) is 31.1 Å². The molecule has 1 saturated heterocycles. The highest BCUT2D eigenvalue weighted by Crippen LogP contribution is 2.20. The van der Waals surface area contributed by atoms with Gasteiger partial charge in [-0.15, -0.1) is 0 Å². The Balaban J connectivity index is 1.48. The molecule has 2 heterocycles. The number of hydrogen-bond acceptors (Lipinski definition) is 4. The summed E-state index contributed by atoms with van der Waals surface area (Å²) in [6.45, 7) is 4.26. The maximum atomic E-state index is 12.1. The first-order chi connectivity index (χ1) is 12.2. The van der Waals surface area contributed by atoms with E-state index in [1.165, 1.54) is 0 Å². The molecule has 1 aromatic heterocycles. The van der Waals surface area contributed by atoms with Gasteiger partial charge in [-0.05, 0) is 37.1 Å². The highest BCUT2D eigenvalue weighted by Gasteiger charge is 2.18. The van der Waals surface area contributed by atoms with Gasteiger partial charge in [0.1, 0.15) is 5.75 Å². The molecule has 7 heteroatoms. The molecule has 0 aliphatic carbocycles. The van der Waals surface area contributed by atoms with Crippen molar-refractivity contribution in [3.05, 3.63) is 36.7 Å². The maximum Gasteiger partial charge on any atom is 0.323 e. The van der Waals surface area contributed by atoms with E-state index in [2.05, 4.69) is 22.7 Å². The first kappa shape index (κ1) is 17.3. The summed E-state index contributed by atoms with van der Waals surface area (Å²) in [5.41, 5.74) is 1.36. The Morgan fingerprint density at radius 3 is 2.84 bits per heavy atom. The van der Waals surface area contributed by atoms with E-state index in [1.807, 2.05) is 35.1 Å². The molecule has 1 aromatic carbocycles. The van der Waals surface area contributed by atoms with Gasteiger partial charge in [0.15, 0.2) is 0 Å². The summed E-state index contributed by atoms with van der Waals surface area (Å²) in [5.74, 6) is 0.805. The summed E-state index contributed by atoms with van der Waals surface area (Å²) >= 11 is 0. The number of amides is 2. The number of hydrogen-bond donors (Lipinski definition) is 2.